The van der Waals surface area contributed by atoms with Gasteiger partial charge in [0.2, 0.25) is 0 Å². The van der Waals surface area contributed by atoms with Crippen molar-refractivity contribution in [2.75, 3.05) is 31.2 Å². The number of nitrogens with one attached hydrogen (secondary N) is 1. The van der Waals surface area contributed by atoms with Crippen LogP contribution in [0, 0.1) is 5.53 Å². The van der Waals surface area contributed by atoms with E-state index in [1.165, 1.54) is 11.3 Å². The van der Waals surface area contributed by atoms with E-state index in [2.05, 4.69) is 35.1 Å². The average Bonchev–Trinajstić information content (AvgIpc) is 2.54. The van der Waals surface area contributed by atoms with Gasteiger partial charge in [0, 0.05) is 24.5 Å². The van der Waals surface area contributed by atoms with E-state index >= 15 is 0 Å². The summed E-state index contributed by atoms with van der Waals surface area (Å²) in [6, 6.07) is 6.45. The van der Waals surface area contributed by atoms with Crippen molar-refractivity contribution < 1.29 is 4.74 Å². The fourth-order valence-electron chi connectivity index (χ4n) is 3.03. The molecule has 0 spiro atoms. The van der Waals surface area contributed by atoms with Crippen molar-refractivity contribution in [2.45, 2.75) is 32.2 Å². The van der Waals surface area contributed by atoms with Gasteiger partial charge in [0.05, 0.1) is 18.9 Å². The molecule has 2 aliphatic rings. The van der Waals surface area contributed by atoms with E-state index in [-0.39, 0.29) is 6.04 Å². The molecule has 1 N–H and O–H groups in total. The Labute approximate surface area is 125 Å². The first-order valence-electron chi connectivity index (χ1n) is 7.59. The van der Waals surface area contributed by atoms with Gasteiger partial charge >= 0.3 is 0 Å². The summed E-state index contributed by atoms with van der Waals surface area (Å²) in [5, 5.41) is 3.62. The third-order valence-electron chi connectivity index (χ3n) is 4.38. The number of morpholine rings is 1. The lowest BCUT2D eigenvalue weighted by Gasteiger charge is -2.30. The summed E-state index contributed by atoms with van der Waals surface area (Å²) < 4.78 is 5.41. The molecule has 2 heterocycles. The van der Waals surface area contributed by atoms with E-state index in [0.717, 1.165) is 44.1 Å². The molecule has 5 heteroatoms. The van der Waals surface area contributed by atoms with Gasteiger partial charge in [0.1, 0.15) is 6.04 Å². The third-order valence-corrected chi connectivity index (χ3v) is 4.38. The third kappa shape index (κ3) is 2.83. The molecule has 1 fully saturated rings. The van der Waals surface area contributed by atoms with Gasteiger partial charge < -0.3 is 9.64 Å². The maximum Gasteiger partial charge on any atom is 0.106 e. The Bertz CT molecular complexity index is 563. The molecule has 3 rings (SSSR count). The Hall–Kier alpha value is -1.75. The second-order valence-electron chi connectivity index (χ2n) is 5.86. The molecule has 2 unspecified atom stereocenters. The van der Waals surface area contributed by atoms with E-state index in [1.54, 1.807) is 0 Å². The first-order chi connectivity index (χ1) is 10.2. The Morgan fingerprint density at radius 3 is 2.86 bits per heavy atom. The SMILES string of the molecule is CC(N=N)C1=Nc2cc(N3CCOCC3)ccc2C(C)C1. The molecule has 0 bridgehead atoms. The second-order valence-corrected chi connectivity index (χ2v) is 5.86. The van der Waals surface area contributed by atoms with Gasteiger partial charge in [0.15, 0.2) is 0 Å². The average molecular weight is 286 g/mol. The zero-order chi connectivity index (χ0) is 14.8. The monoisotopic (exact) mass is 286 g/mol. The van der Waals surface area contributed by atoms with Crippen LogP contribution in [-0.4, -0.2) is 38.1 Å². The predicted molar refractivity (Wildman–Crippen MR) is 84.2 cm³/mol. The molecule has 0 aliphatic carbocycles. The van der Waals surface area contributed by atoms with Gasteiger partial charge in [-0.25, -0.2) is 5.53 Å². The van der Waals surface area contributed by atoms with Gasteiger partial charge in [-0.15, -0.1) is 0 Å². The quantitative estimate of drug-likeness (QED) is 0.864. The van der Waals surface area contributed by atoms with E-state index < -0.39 is 0 Å². The minimum Gasteiger partial charge on any atom is -0.378 e. The molecular weight excluding hydrogens is 264 g/mol. The number of anilines is 1. The molecule has 21 heavy (non-hydrogen) atoms. The first-order valence-corrected chi connectivity index (χ1v) is 7.59. The van der Waals surface area contributed by atoms with Crippen molar-refractivity contribution in [3.63, 3.8) is 0 Å². The number of hydrogen-bond donors (Lipinski definition) is 1. The highest BCUT2D eigenvalue weighted by molar-refractivity contribution is 5.94. The topological polar surface area (TPSA) is 61.0 Å². The molecular formula is C16H22N4O. The molecule has 2 aliphatic heterocycles. The molecule has 2 atom stereocenters. The number of benzene rings is 1. The van der Waals surface area contributed by atoms with Crippen LogP contribution in [0.4, 0.5) is 11.4 Å². The lowest BCUT2D eigenvalue weighted by atomic mass is 9.89. The molecule has 5 nitrogen and oxygen atoms in total. The van der Waals surface area contributed by atoms with E-state index in [1.807, 2.05) is 6.92 Å². The predicted octanol–water partition coefficient (Wildman–Crippen LogP) is 3.52. The van der Waals surface area contributed by atoms with Crippen molar-refractivity contribution in [2.24, 2.45) is 10.1 Å². The summed E-state index contributed by atoms with van der Waals surface area (Å²) in [7, 11) is 0. The van der Waals surface area contributed by atoms with Crippen molar-refractivity contribution in [1.82, 2.24) is 0 Å². The van der Waals surface area contributed by atoms with Crippen molar-refractivity contribution in [3.8, 4) is 0 Å². The molecule has 0 radical (unpaired) electrons. The minimum atomic E-state index is -0.118. The lowest BCUT2D eigenvalue weighted by Crippen LogP contribution is -2.36. The van der Waals surface area contributed by atoms with Crippen LogP contribution in [0.3, 0.4) is 0 Å². The van der Waals surface area contributed by atoms with Crippen molar-refractivity contribution in [3.05, 3.63) is 23.8 Å². The summed E-state index contributed by atoms with van der Waals surface area (Å²) in [5.74, 6) is 0.440. The Morgan fingerprint density at radius 2 is 2.14 bits per heavy atom. The molecule has 1 aromatic rings. The number of hydrogen-bond acceptors (Lipinski definition) is 5. The van der Waals surface area contributed by atoms with Crippen LogP contribution in [0.1, 0.15) is 31.7 Å². The van der Waals surface area contributed by atoms with Crippen LogP contribution in [0.15, 0.2) is 28.3 Å². The zero-order valence-corrected chi connectivity index (χ0v) is 12.7. The van der Waals surface area contributed by atoms with Gasteiger partial charge in [-0.05, 0) is 37.0 Å². The first kappa shape index (κ1) is 14.2. The number of aliphatic imine (C=N–C) groups is 1. The Balaban J connectivity index is 1.93. The maximum absolute atomic E-state index is 7.22. The fourth-order valence-corrected chi connectivity index (χ4v) is 3.03. The van der Waals surface area contributed by atoms with Gasteiger partial charge in [-0.1, -0.05) is 13.0 Å². The summed E-state index contributed by atoms with van der Waals surface area (Å²) in [5.41, 5.74) is 11.8. The van der Waals surface area contributed by atoms with E-state index in [4.69, 9.17) is 15.3 Å². The van der Waals surface area contributed by atoms with Gasteiger partial charge in [-0.2, -0.15) is 5.11 Å². The standard InChI is InChI=1S/C16H22N4O/c1-11-9-15(12(2)19-17)18-16-10-13(3-4-14(11)16)20-5-7-21-8-6-20/h3-4,10-12,17H,5-9H2,1-2H3. The highest BCUT2D eigenvalue weighted by Crippen LogP contribution is 2.37. The van der Waals surface area contributed by atoms with Crippen molar-refractivity contribution >= 4 is 17.1 Å². The van der Waals surface area contributed by atoms with Crippen LogP contribution in [0.5, 0.6) is 0 Å². The van der Waals surface area contributed by atoms with Crippen LogP contribution >= 0.6 is 0 Å². The number of rotatable bonds is 3. The van der Waals surface area contributed by atoms with E-state index in [9.17, 15) is 0 Å². The van der Waals surface area contributed by atoms with E-state index in [0.29, 0.717) is 5.92 Å². The zero-order valence-electron chi connectivity index (χ0n) is 12.7. The number of ether oxygens (including phenoxy) is 1. The number of fused-ring (bicyclic) bond motifs is 1. The summed E-state index contributed by atoms with van der Waals surface area (Å²) in [6.45, 7) is 7.61. The summed E-state index contributed by atoms with van der Waals surface area (Å²) >= 11 is 0. The molecule has 112 valence electrons. The Morgan fingerprint density at radius 1 is 1.38 bits per heavy atom. The normalized spacial score (nSPS) is 23.2. The summed E-state index contributed by atoms with van der Waals surface area (Å²) in [4.78, 5) is 7.11. The maximum atomic E-state index is 7.22. The highest BCUT2D eigenvalue weighted by atomic mass is 16.5. The largest absolute Gasteiger partial charge is 0.378 e. The smallest absolute Gasteiger partial charge is 0.106 e. The van der Waals surface area contributed by atoms with Crippen LogP contribution in [-0.2, 0) is 4.74 Å². The fraction of sp³-hybridized carbons (Fsp3) is 0.562. The highest BCUT2D eigenvalue weighted by Gasteiger charge is 2.23. The summed E-state index contributed by atoms with van der Waals surface area (Å²) in [6.07, 6.45) is 0.896. The molecule has 1 aromatic carbocycles. The van der Waals surface area contributed by atoms with Gasteiger partial charge in [-0.3, -0.25) is 4.99 Å². The molecule has 1 saturated heterocycles. The van der Waals surface area contributed by atoms with Crippen molar-refractivity contribution in [1.29, 1.82) is 5.53 Å². The van der Waals surface area contributed by atoms with Crippen LogP contribution in [0.25, 0.3) is 0 Å². The molecule has 0 aromatic heterocycles. The Kier molecular flexibility index (Phi) is 4.01. The van der Waals surface area contributed by atoms with Crippen LogP contribution < -0.4 is 4.90 Å². The molecule has 0 saturated carbocycles. The second kappa shape index (κ2) is 5.93. The van der Waals surface area contributed by atoms with Crippen LogP contribution in [0.2, 0.25) is 0 Å². The lowest BCUT2D eigenvalue weighted by molar-refractivity contribution is 0.122. The minimum absolute atomic E-state index is 0.118. The van der Waals surface area contributed by atoms with Gasteiger partial charge in [0.25, 0.3) is 0 Å². The number of nitrogens with zero attached hydrogens (tertiary/aromatic N) is 3. The molecule has 0 amide bonds.